The van der Waals surface area contributed by atoms with E-state index in [1.165, 1.54) is 0 Å². The first-order valence-corrected chi connectivity index (χ1v) is 23.5. The van der Waals surface area contributed by atoms with Crippen LogP contribution in [-0.4, -0.2) is 47.2 Å². The molecule has 46 heavy (non-hydrogen) atoms. The molecule has 0 radical (unpaired) electrons. The molecule has 3 heterocycles. The number of rotatable bonds is 13. The molecule has 258 valence electrons. The van der Waals surface area contributed by atoms with Crippen molar-refractivity contribution in [3.63, 3.8) is 0 Å². The second kappa shape index (κ2) is 12.5. The summed E-state index contributed by atoms with van der Waals surface area (Å²) in [7, 11) is -4.04. The van der Waals surface area contributed by atoms with Gasteiger partial charge >= 0.3 is 0 Å². The first kappa shape index (κ1) is 36.0. The predicted octanol–water partition coefficient (Wildman–Crippen LogP) is 9.98. The van der Waals surface area contributed by atoms with E-state index in [1.807, 2.05) is 0 Å². The van der Waals surface area contributed by atoms with Crippen molar-refractivity contribution >= 4 is 28.7 Å². The monoisotopic (exact) mass is 670 g/mol. The Bertz CT molecular complexity index is 1270. The molecule has 6 rings (SSSR count). The van der Waals surface area contributed by atoms with E-state index in [4.69, 9.17) is 18.0 Å². The largest absolute Gasteiger partial charge is 0.472 e. The first-order valence-electron chi connectivity index (χ1n) is 18.5. The van der Waals surface area contributed by atoms with Crippen molar-refractivity contribution in [1.82, 2.24) is 0 Å². The molecule has 3 aliphatic carbocycles. The predicted molar refractivity (Wildman–Crippen MR) is 189 cm³/mol. The number of aldehydes is 1. The third kappa shape index (κ3) is 4.92. The van der Waals surface area contributed by atoms with Crippen LogP contribution >= 0.6 is 0 Å². The number of furan rings is 1. The first-order chi connectivity index (χ1) is 21.7. The van der Waals surface area contributed by atoms with Crippen LogP contribution in [-0.2, 0) is 18.4 Å². The minimum atomic E-state index is -2.08. The Hall–Kier alpha value is -1.33. The fourth-order valence-corrected chi connectivity index (χ4v) is 17.4. The average molecular weight is 671 g/mol. The zero-order valence-corrected chi connectivity index (χ0v) is 32.6. The molecule has 5 aliphatic rings. The Kier molecular flexibility index (Phi) is 9.80. The second-order valence-electron chi connectivity index (χ2n) is 16.2. The summed E-state index contributed by atoms with van der Waals surface area (Å²) in [5.74, 6) is 0.0311. The van der Waals surface area contributed by atoms with Crippen LogP contribution in [0, 0.1) is 33.5 Å². The lowest BCUT2D eigenvalue weighted by Crippen LogP contribution is -2.76. The van der Waals surface area contributed by atoms with Gasteiger partial charge in [-0.25, -0.2) is 0 Å². The third-order valence-corrected chi connectivity index (χ3v) is 24.1. The molecule has 1 aromatic heterocycles. The Morgan fingerprint density at radius 3 is 2.04 bits per heavy atom. The number of hydrogen-bond donors (Lipinski definition) is 0. The van der Waals surface area contributed by atoms with Gasteiger partial charge in [-0.1, -0.05) is 62.3 Å². The molecule has 2 bridgehead atoms. The minimum Gasteiger partial charge on any atom is -0.472 e. The highest BCUT2D eigenvalue weighted by Crippen LogP contribution is 2.75. The highest BCUT2D eigenvalue weighted by molar-refractivity contribution is 6.74. The number of hydrogen-bond acceptors (Lipinski definition) is 6. The topological polar surface area (TPSA) is 75.0 Å². The van der Waals surface area contributed by atoms with Gasteiger partial charge < -0.3 is 18.0 Å². The Balaban J connectivity index is 1.68. The summed E-state index contributed by atoms with van der Waals surface area (Å²) in [4.78, 5) is 26.9. The number of allylic oxidation sites excluding steroid dienone is 1. The second-order valence-corrected chi connectivity index (χ2v) is 25.7. The summed E-state index contributed by atoms with van der Waals surface area (Å²) >= 11 is 0. The van der Waals surface area contributed by atoms with E-state index >= 15 is 0 Å². The number of Topliss-reactive ketones (excluding diaryl/α,β-unsaturated/α-hetero) is 1. The Labute approximate surface area is 281 Å². The van der Waals surface area contributed by atoms with Gasteiger partial charge in [-0.3, -0.25) is 9.59 Å². The molecule has 2 saturated heterocycles. The van der Waals surface area contributed by atoms with Crippen LogP contribution in [0.15, 0.2) is 34.7 Å². The van der Waals surface area contributed by atoms with Crippen molar-refractivity contribution in [3.05, 3.63) is 35.8 Å². The van der Waals surface area contributed by atoms with Crippen LogP contribution < -0.4 is 0 Å². The number of carbonyl (C=O) groups is 2. The Morgan fingerprint density at radius 1 is 0.913 bits per heavy atom. The van der Waals surface area contributed by atoms with E-state index in [9.17, 15) is 9.59 Å². The molecule has 1 aromatic rings. The minimum absolute atomic E-state index is 0.0358. The van der Waals surface area contributed by atoms with Gasteiger partial charge in [0.25, 0.3) is 0 Å². The van der Waals surface area contributed by atoms with E-state index in [2.05, 4.69) is 69.2 Å². The van der Waals surface area contributed by atoms with Gasteiger partial charge in [0.15, 0.2) is 28.2 Å². The summed E-state index contributed by atoms with van der Waals surface area (Å²) in [6.45, 7) is 23.8. The quantitative estimate of drug-likeness (QED) is 0.0900. The fourth-order valence-electron chi connectivity index (χ4n) is 11.4. The van der Waals surface area contributed by atoms with E-state index in [1.54, 1.807) is 24.7 Å². The van der Waals surface area contributed by atoms with Crippen molar-refractivity contribution in [2.45, 2.75) is 149 Å². The molecule has 0 amide bonds. The number of fused-ring (bicyclic) bond motifs is 3. The van der Waals surface area contributed by atoms with Gasteiger partial charge in [-0.05, 0) is 98.4 Å². The van der Waals surface area contributed by atoms with E-state index in [0.29, 0.717) is 24.5 Å². The van der Waals surface area contributed by atoms with Crippen molar-refractivity contribution < 1.29 is 27.6 Å². The maximum atomic E-state index is 14.4. The normalized spacial score (nSPS) is 38.0. The van der Waals surface area contributed by atoms with E-state index in [-0.39, 0.29) is 28.6 Å². The molecule has 5 fully saturated rings. The highest BCUT2D eigenvalue weighted by Gasteiger charge is 2.76. The maximum Gasteiger partial charge on any atom is 0.195 e. The highest BCUT2D eigenvalue weighted by atomic mass is 28.4. The lowest BCUT2D eigenvalue weighted by molar-refractivity contribution is -0.390. The van der Waals surface area contributed by atoms with Gasteiger partial charge in [-0.15, -0.1) is 0 Å². The lowest BCUT2D eigenvalue weighted by atomic mass is 9.35. The molecule has 3 saturated carbocycles. The molecule has 2 aliphatic heterocycles. The van der Waals surface area contributed by atoms with Crippen LogP contribution in [0.4, 0.5) is 0 Å². The number of ketones is 1. The standard InChI is InChI=1S/C38H62O6Si2/c1-11-45(12-2,13-3)43-32-25-31-34(7,8)38(44-46(14-4,15-5)16-6)22-21-37(31,27-42-38)30-17-20-35(9,29(18-23-39)36(30,32)10)33(40)28-19-24-41-26-28/h18-19,23-24,26,30-32H,11-17,20-22,25,27H2,1-10H3/b29-18-/t30-,31-,32+,35+,36-,37-,38?/m0/s1. The van der Waals surface area contributed by atoms with E-state index in [0.717, 1.165) is 73.8 Å². The van der Waals surface area contributed by atoms with Gasteiger partial charge in [0.1, 0.15) is 12.5 Å². The van der Waals surface area contributed by atoms with Crippen molar-refractivity contribution in [2.75, 3.05) is 6.61 Å². The molecule has 6 nitrogen and oxygen atoms in total. The van der Waals surface area contributed by atoms with Crippen LogP contribution in [0.5, 0.6) is 0 Å². The van der Waals surface area contributed by atoms with Crippen LogP contribution in [0.3, 0.4) is 0 Å². The summed E-state index contributed by atoms with van der Waals surface area (Å²) < 4.78 is 27.7. The fraction of sp³-hybridized carbons (Fsp3) is 0.789. The van der Waals surface area contributed by atoms with Gasteiger partial charge in [0.05, 0.1) is 30.0 Å². The molecular formula is C38H62O6Si2. The molecule has 8 heteroatoms. The average Bonchev–Trinajstić information content (AvgIpc) is 3.60. The zero-order valence-electron chi connectivity index (χ0n) is 30.6. The van der Waals surface area contributed by atoms with Crippen LogP contribution in [0.25, 0.3) is 0 Å². The molecule has 0 aromatic carbocycles. The maximum absolute atomic E-state index is 14.4. The number of ether oxygens (including phenoxy) is 1. The summed E-state index contributed by atoms with van der Waals surface area (Å²) in [5.41, 5.74) is -0.0735. The molecule has 1 spiro atoms. The Morgan fingerprint density at radius 2 is 1.54 bits per heavy atom. The van der Waals surface area contributed by atoms with Gasteiger partial charge in [0.2, 0.25) is 0 Å². The van der Waals surface area contributed by atoms with Gasteiger partial charge in [-0.2, -0.15) is 0 Å². The lowest BCUT2D eigenvalue weighted by Gasteiger charge is -2.75. The smallest absolute Gasteiger partial charge is 0.195 e. The summed E-state index contributed by atoms with van der Waals surface area (Å²) in [5, 5.41) is 0. The van der Waals surface area contributed by atoms with Crippen molar-refractivity contribution in [3.8, 4) is 0 Å². The molecule has 0 N–H and O–H groups in total. The summed E-state index contributed by atoms with van der Waals surface area (Å²) in [6, 6.07) is 8.24. The van der Waals surface area contributed by atoms with Crippen molar-refractivity contribution in [2.24, 2.45) is 33.5 Å². The van der Waals surface area contributed by atoms with Gasteiger partial charge in [0, 0.05) is 22.7 Å². The van der Waals surface area contributed by atoms with E-state index < -0.39 is 33.3 Å². The third-order valence-electron chi connectivity index (χ3n) is 14.8. The molecule has 1 unspecified atom stereocenters. The van der Waals surface area contributed by atoms with Crippen LogP contribution in [0.1, 0.15) is 112 Å². The SMILES string of the molecule is CC[Si](CC)(CC)O[C@@H]1C[C@H]2C(C)(C)C3(O[Si](CC)(CC)CC)CC[C@]2(CO3)[C@H]2CC[C@@](C)(C(=O)c3ccoc3)/C(=C/C=O)[C@@]21C. The van der Waals surface area contributed by atoms with Crippen molar-refractivity contribution in [1.29, 1.82) is 0 Å². The van der Waals surface area contributed by atoms with Crippen LogP contribution in [0.2, 0.25) is 36.3 Å². The number of carbonyl (C=O) groups excluding carboxylic acids is 2. The summed E-state index contributed by atoms with van der Waals surface area (Å²) in [6.07, 6.45) is 10.1. The zero-order chi connectivity index (χ0) is 33.8. The molecular weight excluding hydrogens is 609 g/mol. The molecule has 7 atom stereocenters.